The van der Waals surface area contributed by atoms with Crippen LogP contribution < -0.4 is 5.32 Å². The van der Waals surface area contributed by atoms with Crippen LogP contribution in [-0.2, 0) is 33.2 Å². The van der Waals surface area contributed by atoms with E-state index in [0.717, 1.165) is 44.9 Å². The normalized spacial score (nSPS) is 29.5. The van der Waals surface area contributed by atoms with Crippen LogP contribution in [0.15, 0.2) is 0 Å². The standard InChI is InChI=1S/C63H121NO18/c1-3-5-7-9-11-13-15-17-19-20-21-22-23-24-25-26-27-28-30-32-34-36-38-40-47(68)46(64-51(69)41-39-37-35-33-31-29-18-16-14-12-10-8-6-4-2)45-77-61-57(75)54(72)59(49(43-66)79-61)82-63-58(76)55(73)60(50(44-67)80-63)81-62-56(74)53(71)52(70)48(42-65)78-62/h46-50,52-63,65-68,70-76H,3-45H2,1-2H3,(H,64,69). The molecular weight excluding hydrogens is 1060 g/mol. The number of carbonyl (C=O) groups is 1. The molecule has 486 valence electrons. The van der Waals surface area contributed by atoms with E-state index in [4.69, 9.17) is 28.4 Å². The minimum atomic E-state index is -1.97. The number of carbonyl (C=O) groups excluding carboxylic acids is 1. The maximum absolute atomic E-state index is 13.4. The average Bonchev–Trinajstić information content (AvgIpc) is 2.98. The molecule has 3 aliphatic rings. The third-order valence-electron chi connectivity index (χ3n) is 17.2. The number of hydrogen-bond donors (Lipinski definition) is 12. The van der Waals surface area contributed by atoms with Crippen LogP contribution in [0.25, 0.3) is 0 Å². The van der Waals surface area contributed by atoms with E-state index < -0.39 is 124 Å². The fourth-order valence-electron chi connectivity index (χ4n) is 11.7. The number of aliphatic hydroxyl groups is 11. The van der Waals surface area contributed by atoms with Crippen LogP contribution in [-0.4, -0.2) is 193 Å². The number of ether oxygens (including phenoxy) is 6. The van der Waals surface area contributed by atoms with Crippen LogP contribution >= 0.6 is 0 Å². The summed E-state index contributed by atoms with van der Waals surface area (Å²) in [5.41, 5.74) is 0. The van der Waals surface area contributed by atoms with Gasteiger partial charge in [-0.05, 0) is 12.8 Å². The Bertz CT molecular complexity index is 1500. The van der Waals surface area contributed by atoms with E-state index in [2.05, 4.69) is 19.2 Å². The van der Waals surface area contributed by atoms with Gasteiger partial charge in [-0.2, -0.15) is 0 Å². The highest BCUT2D eigenvalue weighted by Gasteiger charge is 2.53. The summed E-state index contributed by atoms with van der Waals surface area (Å²) in [5, 5.41) is 120. The Labute approximate surface area is 493 Å². The van der Waals surface area contributed by atoms with Gasteiger partial charge in [-0.15, -0.1) is 0 Å². The molecule has 0 saturated carbocycles. The molecular formula is C63H121NO18. The first-order valence-electron chi connectivity index (χ1n) is 33.3. The Kier molecular flexibility index (Phi) is 42.9. The first-order valence-corrected chi connectivity index (χ1v) is 33.3. The molecule has 3 rings (SSSR count). The second kappa shape index (κ2) is 46.9. The minimum Gasteiger partial charge on any atom is -0.394 e. The summed E-state index contributed by atoms with van der Waals surface area (Å²) < 4.78 is 34.4. The number of rotatable bonds is 51. The average molecular weight is 1180 g/mol. The first kappa shape index (κ1) is 75.0. The van der Waals surface area contributed by atoms with E-state index in [0.29, 0.717) is 12.8 Å². The summed E-state index contributed by atoms with van der Waals surface area (Å²) in [6.07, 6.45) is 20.4. The van der Waals surface area contributed by atoms with Crippen molar-refractivity contribution in [1.29, 1.82) is 0 Å². The van der Waals surface area contributed by atoms with Crippen LogP contribution in [0, 0.1) is 0 Å². The van der Waals surface area contributed by atoms with Crippen molar-refractivity contribution < 1.29 is 89.4 Å². The highest BCUT2D eigenvalue weighted by atomic mass is 16.8. The fraction of sp³-hybridized carbons (Fsp3) is 0.984. The van der Waals surface area contributed by atoms with Crippen molar-refractivity contribution in [3.05, 3.63) is 0 Å². The molecule has 0 bridgehead atoms. The van der Waals surface area contributed by atoms with E-state index in [1.165, 1.54) is 186 Å². The Morgan fingerprint density at radius 1 is 0.390 bits per heavy atom. The summed E-state index contributed by atoms with van der Waals surface area (Å²) in [6, 6.07) is -0.880. The molecule has 3 aliphatic heterocycles. The van der Waals surface area contributed by atoms with Crippen molar-refractivity contribution in [1.82, 2.24) is 5.32 Å². The maximum Gasteiger partial charge on any atom is 0.220 e. The molecule has 0 aromatic heterocycles. The van der Waals surface area contributed by atoms with Gasteiger partial charge in [0, 0.05) is 6.42 Å². The number of hydrogen-bond acceptors (Lipinski definition) is 18. The van der Waals surface area contributed by atoms with Crippen LogP contribution in [0.5, 0.6) is 0 Å². The molecule has 0 spiro atoms. The molecule has 82 heavy (non-hydrogen) atoms. The highest BCUT2D eigenvalue weighted by molar-refractivity contribution is 5.76. The van der Waals surface area contributed by atoms with Gasteiger partial charge in [-0.25, -0.2) is 0 Å². The van der Waals surface area contributed by atoms with E-state index in [1.807, 2.05) is 0 Å². The van der Waals surface area contributed by atoms with Gasteiger partial charge in [0.15, 0.2) is 18.9 Å². The Hall–Kier alpha value is -1.21. The zero-order chi connectivity index (χ0) is 59.7. The summed E-state index contributed by atoms with van der Waals surface area (Å²) in [7, 11) is 0. The van der Waals surface area contributed by atoms with Crippen LogP contribution in [0.1, 0.15) is 264 Å². The lowest BCUT2D eigenvalue weighted by Crippen LogP contribution is -2.66. The lowest BCUT2D eigenvalue weighted by Gasteiger charge is -2.48. The second-order valence-corrected chi connectivity index (χ2v) is 24.3. The zero-order valence-corrected chi connectivity index (χ0v) is 51.0. The Balaban J connectivity index is 1.44. The van der Waals surface area contributed by atoms with Gasteiger partial charge in [0.05, 0.1) is 38.6 Å². The highest BCUT2D eigenvalue weighted by Crippen LogP contribution is 2.33. The van der Waals surface area contributed by atoms with Crippen molar-refractivity contribution in [2.45, 2.75) is 369 Å². The lowest BCUT2D eigenvalue weighted by molar-refractivity contribution is -0.379. The molecule has 1 amide bonds. The molecule has 0 aliphatic carbocycles. The maximum atomic E-state index is 13.4. The molecule has 3 saturated heterocycles. The van der Waals surface area contributed by atoms with Gasteiger partial charge < -0.3 is 89.9 Å². The van der Waals surface area contributed by atoms with Gasteiger partial charge in [0.1, 0.15) is 73.2 Å². The Morgan fingerprint density at radius 2 is 0.695 bits per heavy atom. The van der Waals surface area contributed by atoms with Crippen molar-refractivity contribution in [2.24, 2.45) is 0 Å². The van der Waals surface area contributed by atoms with E-state index in [9.17, 15) is 61.0 Å². The largest absolute Gasteiger partial charge is 0.394 e. The van der Waals surface area contributed by atoms with Crippen LogP contribution in [0.2, 0.25) is 0 Å². The molecule has 3 heterocycles. The molecule has 19 nitrogen and oxygen atoms in total. The summed E-state index contributed by atoms with van der Waals surface area (Å²) in [5.74, 6) is -0.238. The molecule has 0 aromatic carbocycles. The smallest absolute Gasteiger partial charge is 0.220 e. The molecule has 17 atom stereocenters. The summed E-state index contributed by atoms with van der Waals surface area (Å²) >= 11 is 0. The summed E-state index contributed by atoms with van der Waals surface area (Å²) in [4.78, 5) is 13.4. The molecule has 0 aromatic rings. The van der Waals surface area contributed by atoms with Crippen molar-refractivity contribution in [2.75, 3.05) is 26.4 Å². The van der Waals surface area contributed by atoms with E-state index in [1.54, 1.807) is 0 Å². The van der Waals surface area contributed by atoms with Crippen molar-refractivity contribution in [3.63, 3.8) is 0 Å². The fourth-order valence-corrected chi connectivity index (χ4v) is 11.7. The number of nitrogens with one attached hydrogen (secondary N) is 1. The predicted molar refractivity (Wildman–Crippen MR) is 314 cm³/mol. The third kappa shape index (κ3) is 29.7. The number of amides is 1. The topological polar surface area (TPSA) is 307 Å². The first-order chi connectivity index (χ1) is 39.8. The zero-order valence-electron chi connectivity index (χ0n) is 51.0. The van der Waals surface area contributed by atoms with Crippen molar-refractivity contribution in [3.8, 4) is 0 Å². The SMILES string of the molecule is CCCCCCCCCCCCCCCCCCCCCCCCCC(O)C(COC1OC(CO)C(OC2OC(CO)C(OC3OC(CO)C(O)C(O)C3O)C(O)C2O)C(O)C1O)NC(=O)CCCCCCCCCCCCCCCC. The molecule has 3 fully saturated rings. The quantitative estimate of drug-likeness (QED) is 0.0262. The van der Waals surface area contributed by atoms with E-state index >= 15 is 0 Å². The number of aliphatic hydroxyl groups excluding tert-OH is 11. The van der Waals surface area contributed by atoms with E-state index in [-0.39, 0.29) is 18.9 Å². The van der Waals surface area contributed by atoms with Crippen molar-refractivity contribution >= 4 is 5.91 Å². The third-order valence-corrected chi connectivity index (χ3v) is 17.2. The van der Waals surface area contributed by atoms with Gasteiger partial charge in [0.2, 0.25) is 5.91 Å². The van der Waals surface area contributed by atoms with Gasteiger partial charge >= 0.3 is 0 Å². The monoisotopic (exact) mass is 1180 g/mol. The van der Waals surface area contributed by atoms with Gasteiger partial charge in [-0.1, -0.05) is 245 Å². The van der Waals surface area contributed by atoms with Crippen LogP contribution in [0.3, 0.4) is 0 Å². The minimum absolute atomic E-state index is 0.238. The summed E-state index contributed by atoms with van der Waals surface area (Å²) in [6.45, 7) is 1.83. The van der Waals surface area contributed by atoms with Gasteiger partial charge in [-0.3, -0.25) is 4.79 Å². The predicted octanol–water partition coefficient (Wildman–Crippen LogP) is 7.55. The lowest BCUT2D eigenvalue weighted by atomic mass is 9.96. The molecule has 17 unspecified atom stereocenters. The second-order valence-electron chi connectivity index (χ2n) is 24.3. The Morgan fingerprint density at radius 3 is 1.06 bits per heavy atom. The number of unbranched alkanes of at least 4 members (excludes halogenated alkanes) is 35. The molecule has 19 heteroatoms. The molecule has 0 radical (unpaired) electrons. The van der Waals surface area contributed by atoms with Crippen LogP contribution in [0.4, 0.5) is 0 Å². The molecule has 12 N–H and O–H groups in total. The van der Waals surface area contributed by atoms with Gasteiger partial charge in [0.25, 0.3) is 0 Å².